The van der Waals surface area contributed by atoms with Crippen molar-refractivity contribution in [3.05, 3.63) is 111 Å². The third kappa shape index (κ3) is 6.20. The third-order valence-corrected chi connectivity index (χ3v) is 6.71. The van der Waals surface area contributed by atoms with Gasteiger partial charge in [0.05, 0.1) is 11.6 Å². The fraction of sp³-hybridized carbons (Fsp3) is 0.233. The number of hydrogen-bond donors (Lipinski definition) is 7. The molecule has 0 spiro atoms. The summed E-state index contributed by atoms with van der Waals surface area (Å²) < 4.78 is 0. The molecule has 0 bridgehead atoms. The Kier molecular flexibility index (Phi) is 8.95. The van der Waals surface area contributed by atoms with Gasteiger partial charge in [-0.25, -0.2) is 4.79 Å². The minimum Gasteiger partial charge on any atom is -0.506 e. The van der Waals surface area contributed by atoms with Gasteiger partial charge in [0, 0.05) is 35.7 Å². The number of carboxylic acid groups (broad SMARTS) is 1. The minimum absolute atomic E-state index is 0.0702. The number of pyridine rings is 1. The van der Waals surface area contributed by atoms with Crippen molar-refractivity contribution >= 4 is 22.8 Å². The molecule has 4 rings (SSSR count). The molecule has 3 aromatic carbocycles. The number of rotatable bonds is 12. The molecular formula is C30H31N3O7. The molecular weight excluding hydrogens is 514 g/mol. The molecule has 0 radical (unpaired) electrons. The molecule has 0 fully saturated rings. The fourth-order valence-electron chi connectivity index (χ4n) is 4.56. The normalized spacial score (nSPS) is 13.4. The van der Waals surface area contributed by atoms with Crippen molar-refractivity contribution in [2.24, 2.45) is 0 Å². The second-order valence-electron chi connectivity index (χ2n) is 9.43. The van der Waals surface area contributed by atoms with Gasteiger partial charge in [-0.05, 0) is 54.8 Å². The second-order valence-corrected chi connectivity index (χ2v) is 9.43. The largest absolute Gasteiger partial charge is 0.506 e. The number of hydrogen-bond acceptors (Lipinski definition) is 7. The van der Waals surface area contributed by atoms with Crippen molar-refractivity contribution in [3.8, 4) is 5.75 Å². The Bertz CT molecular complexity index is 1550. The summed E-state index contributed by atoms with van der Waals surface area (Å²) in [5, 5.41) is 48.0. The zero-order valence-electron chi connectivity index (χ0n) is 21.6. The highest BCUT2D eigenvalue weighted by atomic mass is 16.4. The Balaban J connectivity index is 1.25. The van der Waals surface area contributed by atoms with E-state index in [0.717, 1.165) is 0 Å². The first kappa shape index (κ1) is 28.5. The maximum Gasteiger partial charge on any atom is 0.345 e. The van der Waals surface area contributed by atoms with Gasteiger partial charge >= 0.3 is 5.97 Å². The van der Waals surface area contributed by atoms with Crippen LogP contribution in [-0.2, 0) is 10.4 Å². The average Bonchev–Trinajstić information content (AvgIpc) is 2.96. The first-order valence-electron chi connectivity index (χ1n) is 12.9. The van der Waals surface area contributed by atoms with Gasteiger partial charge in [-0.15, -0.1) is 0 Å². The van der Waals surface area contributed by atoms with Crippen LogP contribution < -0.4 is 16.2 Å². The molecule has 1 amide bonds. The van der Waals surface area contributed by atoms with Crippen LogP contribution >= 0.6 is 0 Å². The van der Waals surface area contributed by atoms with E-state index in [9.17, 15) is 34.8 Å². The number of aromatic amines is 1. The third-order valence-electron chi connectivity index (χ3n) is 6.71. The van der Waals surface area contributed by atoms with E-state index in [4.69, 9.17) is 0 Å². The van der Waals surface area contributed by atoms with Crippen LogP contribution in [0, 0.1) is 0 Å². The monoisotopic (exact) mass is 545 g/mol. The molecule has 208 valence electrons. The molecule has 0 aliphatic carbocycles. The summed E-state index contributed by atoms with van der Waals surface area (Å²) in [5.41, 5.74) is -1.29. The van der Waals surface area contributed by atoms with Crippen LogP contribution in [0.5, 0.6) is 5.75 Å². The summed E-state index contributed by atoms with van der Waals surface area (Å²) in [6, 6.07) is 19.9. The van der Waals surface area contributed by atoms with Crippen molar-refractivity contribution < 1.29 is 30.0 Å². The molecule has 10 nitrogen and oxygen atoms in total. The molecule has 0 aliphatic rings. The van der Waals surface area contributed by atoms with E-state index in [2.05, 4.69) is 15.6 Å². The predicted molar refractivity (Wildman–Crippen MR) is 149 cm³/mol. The Morgan fingerprint density at radius 2 is 1.62 bits per heavy atom. The van der Waals surface area contributed by atoms with Gasteiger partial charge in [0.15, 0.2) is 0 Å². The van der Waals surface area contributed by atoms with Gasteiger partial charge in [-0.1, -0.05) is 48.5 Å². The van der Waals surface area contributed by atoms with Crippen molar-refractivity contribution in [1.29, 1.82) is 0 Å². The van der Waals surface area contributed by atoms with Gasteiger partial charge < -0.3 is 36.0 Å². The summed E-state index contributed by atoms with van der Waals surface area (Å²) in [6.45, 7) is 1.22. The molecule has 1 heterocycles. The standard InChI is InChI=1S/C30H31N3O7/c34-24-13-11-22(23-12-14-26(36)33-27(23)24)25(35)18-31-15-4-5-16-32-28(37)19-7-6-10-21(17-19)30(40,29(38)39)20-8-2-1-3-9-20/h1-3,6-14,17,25,31,34-35,40H,4-5,15-16,18H2,(H,32,37)(H,33,36)(H,38,39). The molecule has 0 saturated carbocycles. The van der Waals surface area contributed by atoms with Crippen molar-refractivity contribution in [1.82, 2.24) is 15.6 Å². The summed E-state index contributed by atoms with van der Waals surface area (Å²) in [4.78, 5) is 38.8. The molecule has 4 aromatic rings. The number of benzene rings is 3. The van der Waals surface area contributed by atoms with E-state index in [-0.39, 0.29) is 46.0 Å². The van der Waals surface area contributed by atoms with Crippen LogP contribution in [0.1, 0.15) is 46.0 Å². The number of amides is 1. The zero-order chi connectivity index (χ0) is 28.7. The molecule has 40 heavy (non-hydrogen) atoms. The van der Waals surface area contributed by atoms with Crippen LogP contribution in [0.4, 0.5) is 0 Å². The highest BCUT2D eigenvalue weighted by molar-refractivity contribution is 5.95. The smallest absolute Gasteiger partial charge is 0.345 e. The first-order chi connectivity index (χ1) is 19.2. The molecule has 0 saturated heterocycles. The number of carboxylic acids is 1. The maximum absolute atomic E-state index is 12.7. The number of H-pyrrole nitrogens is 1. The number of unbranched alkanes of at least 4 members (excludes halogenated alkanes) is 1. The van der Waals surface area contributed by atoms with Gasteiger partial charge in [0.25, 0.3) is 5.91 Å². The van der Waals surface area contributed by atoms with Crippen molar-refractivity contribution in [2.75, 3.05) is 19.6 Å². The van der Waals surface area contributed by atoms with Crippen LogP contribution in [0.25, 0.3) is 10.9 Å². The number of fused-ring (bicyclic) bond motifs is 1. The van der Waals surface area contributed by atoms with Crippen LogP contribution in [0.3, 0.4) is 0 Å². The second kappa shape index (κ2) is 12.6. The quantitative estimate of drug-likeness (QED) is 0.133. The lowest BCUT2D eigenvalue weighted by Crippen LogP contribution is -2.37. The Morgan fingerprint density at radius 3 is 2.38 bits per heavy atom. The first-order valence-corrected chi connectivity index (χ1v) is 12.9. The highest BCUT2D eigenvalue weighted by Crippen LogP contribution is 2.31. The zero-order valence-corrected chi connectivity index (χ0v) is 21.6. The van der Waals surface area contributed by atoms with Crippen LogP contribution in [0.15, 0.2) is 83.7 Å². The Morgan fingerprint density at radius 1 is 0.900 bits per heavy atom. The van der Waals surface area contributed by atoms with Crippen LogP contribution in [-0.4, -0.2) is 56.9 Å². The van der Waals surface area contributed by atoms with Gasteiger partial charge in [-0.2, -0.15) is 0 Å². The Labute approximate surface area is 229 Å². The van der Waals surface area contributed by atoms with Gasteiger partial charge in [-0.3, -0.25) is 9.59 Å². The van der Waals surface area contributed by atoms with E-state index >= 15 is 0 Å². The number of aliphatic hydroxyl groups excluding tert-OH is 1. The summed E-state index contributed by atoms with van der Waals surface area (Å²) in [6.07, 6.45) is 0.506. The predicted octanol–water partition coefficient (Wildman–Crippen LogP) is 2.39. The van der Waals surface area contributed by atoms with Gasteiger partial charge in [0.2, 0.25) is 11.2 Å². The number of carbonyl (C=O) groups excluding carboxylic acids is 1. The number of nitrogens with one attached hydrogen (secondary N) is 3. The molecule has 7 N–H and O–H groups in total. The SMILES string of the molecule is O=C(NCCCCNCC(O)c1ccc(O)c2[nH]c(=O)ccc12)c1cccc(C(O)(C(=O)O)c2ccccc2)c1. The number of carbonyl (C=O) groups is 2. The van der Waals surface area contributed by atoms with E-state index < -0.39 is 17.7 Å². The van der Waals surface area contributed by atoms with Crippen molar-refractivity contribution in [2.45, 2.75) is 24.5 Å². The summed E-state index contributed by atoms with van der Waals surface area (Å²) >= 11 is 0. The number of phenols is 1. The number of aliphatic hydroxyl groups is 2. The maximum atomic E-state index is 12.7. The molecule has 10 heteroatoms. The molecule has 2 unspecified atom stereocenters. The van der Waals surface area contributed by atoms with Crippen molar-refractivity contribution in [3.63, 3.8) is 0 Å². The van der Waals surface area contributed by atoms with Gasteiger partial charge in [0.1, 0.15) is 5.75 Å². The number of aromatic hydroxyl groups is 1. The topological polar surface area (TPSA) is 172 Å². The summed E-state index contributed by atoms with van der Waals surface area (Å²) in [7, 11) is 0. The number of phenolic OH excluding ortho intramolecular Hbond substituents is 1. The van der Waals surface area contributed by atoms with E-state index in [0.29, 0.717) is 36.9 Å². The lowest BCUT2D eigenvalue weighted by Gasteiger charge is -2.25. The molecule has 0 aliphatic heterocycles. The van der Waals surface area contributed by atoms with E-state index in [1.807, 2.05) is 0 Å². The molecule has 1 aromatic heterocycles. The number of aliphatic carboxylic acids is 1. The minimum atomic E-state index is -2.29. The number of aromatic nitrogens is 1. The average molecular weight is 546 g/mol. The van der Waals surface area contributed by atoms with E-state index in [1.165, 1.54) is 42.5 Å². The fourth-order valence-corrected chi connectivity index (χ4v) is 4.56. The van der Waals surface area contributed by atoms with E-state index in [1.54, 1.807) is 36.4 Å². The molecule has 2 atom stereocenters. The summed E-state index contributed by atoms with van der Waals surface area (Å²) in [5.74, 6) is -1.90. The lowest BCUT2D eigenvalue weighted by atomic mass is 9.85. The lowest BCUT2D eigenvalue weighted by molar-refractivity contribution is -0.155. The highest BCUT2D eigenvalue weighted by Gasteiger charge is 2.40. The Hall–Kier alpha value is -4.51. The van der Waals surface area contributed by atoms with Crippen LogP contribution in [0.2, 0.25) is 0 Å².